The lowest BCUT2D eigenvalue weighted by molar-refractivity contribution is 0.0884. The highest BCUT2D eigenvalue weighted by Crippen LogP contribution is 2.16. The van der Waals surface area contributed by atoms with Gasteiger partial charge in [-0.2, -0.15) is 0 Å². The van der Waals surface area contributed by atoms with Gasteiger partial charge < -0.3 is 10.0 Å². The first-order chi connectivity index (χ1) is 6.78. The van der Waals surface area contributed by atoms with Crippen LogP contribution in [0.5, 0.6) is 0 Å². The van der Waals surface area contributed by atoms with Gasteiger partial charge in [-0.15, -0.1) is 0 Å². The van der Waals surface area contributed by atoms with Crippen LogP contribution >= 0.6 is 11.6 Å². The second-order valence-electron chi connectivity index (χ2n) is 4.26. The Morgan fingerprint density at radius 3 is 2.53 bits per heavy atom. The van der Waals surface area contributed by atoms with Crippen LogP contribution in [-0.4, -0.2) is 34.3 Å². The van der Waals surface area contributed by atoms with Crippen LogP contribution in [0.1, 0.15) is 19.7 Å². The van der Waals surface area contributed by atoms with E-state index in [0.29, 0.717) is 17.5 Å². The average molecular weight is 230 g/mol. The largest absolute Gasteiger partial charge is 0.389 e. The van der Waals surface area contributed by atoms with Crippen LogP contribution in [0, 0.1) is 6.92 Å². The van der Waals surface area contributed by atoms with Gasteiger partial charge in [-0.05, 0) is 20.8 Å². The van der Waals surface area contributed by atoms with Crippen LogP contribution < -0.4 is 4.90 Å². The molecule has 0 bridgehead atoms. The van der Waals surface area contributed by atoms with E-state index in [1.54, 1.807) is 26.8 Å². The van der Waals surface area contributed by atoms with Gasteiger partial charge in [-0.1, -0.05) is 11.6 Å². The van der Waals surface area contributed by atoms with E-state index in [-0.39, 0.29) is 0 Å². The molecule has 84 valence electrons. The van der Waals surface area contributed by atoms with Crippen molar-refractivity contribution in [1.29, 1.82) is 0 Å². The fraction of sp³-hybridized carbons (Fsp3) is 0.600. The van der Waals surface area contributed by atoms with Gasteiger partial charge in [0.15, 0.2) is 0 Å². The minimum Gasteiger partial charge on any atom is -0.389 e. The Morgan fingerprint density at radius 2 is 2.07 bits per heavy atom. The highest BCUT2D eigenvalue weighted by Gasteiger charge is 2.17. The van der Waals surface area contributed by atoms with E-state index >= 15 is 0 Å². The van der Waals surface area contributed by atoms with Crippen molar-refractivity contribution < 1.29 is 5.11 Å². The number of hydrogen-bond donors (Lipinski definition) is 1. The second-order valence-corrected chi connectivity index (χ2v) is 4.65. The van der Waals surface area contributed by atoms with Gasteiger partial charge in [0.05, 0.1) is 5.60 Å². The van der Waals surface area contributed by atoms with Gasteiger partial charge in [0, 0.05) is 19.7 Å². The lowest BCUT2D eigenvalue weighted by Crippen LogP contribution is -2.36. The van der Waals surface area contributed by atoms with Crippen LogP contribution in [0.3, 0.4) is 0 Å². The molecule has 5 heteroatoms. The molecule has 0 aromatic carbocycles. The van der Waals surface area contributed by atoms with Crippen molar-refractivity contribution in [2.45, 2.75) is 26.4 Å². The zero-order valence-electron chi connectivity index (χ0n) is 9.45. The number of likely N-dealkylation sites (N-methyl/N-ethyl adjacent to an activating group) is 1. The first kappa shape index (κ1) is 12.2. The monoisotopic (exact) mass is 229 g/mol. The van der Waals surface area contributed by atoms with Gasteiger partial charge in [0.1, 0.15) is 16.8 Å². The van der Waals surface area contributed by atoms with E-state index in [9.17, 15) is 5.11 Å². The predicted octanol–water partition coefficient (Wildman–Crippen LogP) is 1.65. The van der Waals surface area contributed by atoms with Crippen molar-refractivity contribution in [3.05, 3.63) is 17.0 Å². The zero-order chi connectivity index (χ0) is 11.6. The normalized spacial score (nSPS) is 11.6. The molecule has 0 unspecified atom stereocenters. The lowest BCUT2D eigenvalue weighted by Gasteiger charge is -2.26. The van der Waals surface area contributed by atoms with Gasteiger partial charge in [-0.25, -0.2) is 9.97 Å². The molecule has 15 heavy (non-hydrogen) atoms. The van der Waals surface area contributed by atoms with Crippen LogP contribution in [-0.2, 0) is 0 Å². The average Bonchev–Trinajstić information content (AvgIpc) is 1.98. The smallest absolute Gasteiger partial charge is 0.134 e. The minimum atomic E-state index is -0.764. The topological polar surface area (TPSA) is 49.2 Å². The number of aryl methyl sites for hydroxylation is 1. The number of aliphatic hydroxyl groups is 1. The molecule has 4 nitrogen and oxygen atoms in total. The summed E-state index contributed by atoms with van der Waals surface area (Å²) in [5.41, 5.74) is -0.764. The quantitative estimate of drug-likeness (QED) is 0.801. The van der Waals surface area contributed by atoms with Gasteiger partial charge >= 0.3 is 0 Å². The van der Waals surface area contributed by atoms with Crippen molar-refractivity contribution in [2.24, 2.45) is 0 Å². The van der Waals surface area contributed by atoms with Crippen molar-refractivity contribution in [3.63, 3.8) is 0 Å². The fourth-order valence-corrected chi connectivity index (χ4v) is 1.59. The Balaban J connectivity index is 2.86. The third kappa shape index (κ3) is 4.01. The van der Waals surface area contributed by atoms with E-state index < -0.39 is 5.60 Å². The number of halogens is 1. The fourth-order valence-electron chi connectivity index (χ4n) is 1.37. The molecule has 0 radical (unpaired) electrons. The first-order valence-corrected chi connectivity index (χ1v) is 5.10. The summed E-state index contributed by atoms with van der Waals surface area (Å²) in [6.07, 6.45) is 0. The molecule has 0 fully saturated rings. The number of anilines is 1. The van der Waals surface area contributed by atoms with E-state index in [2.05, 4.69) is 9.97 Å². The summed E-state index contributed by atoms with van der Waals surface area (Å²) in [4.78, 5) is 10.1. The molecule has 0 aliphatic rings. The molecule has 0 aliphatic carbocycles. The van der Waals surface area contributed by atoms with Crippen molar-refractivity contribution in [3.8, 4) is 0 Å². The molecule has 1 heterocycles. The van der Waals surface area contributed by atoms with Gasteiger partial charge in [0.2, 0.25) is 0 Å². The van der Waals surface area contributed by atoms with Crippen molar-refractivity contribution >= 4 is 17.4 Å². The molecular weight excluding hydrogens is 214 g/mol. The summed E-state index contributed by atoms with van der Waals surface area (Å²) >= 11 is 5.83. The van der Waals surface area contributed by atoms with E-state index in [4.69, 9.17) is 11.6 Å². The SMILES string of the molecule is Cc1nc(Cl)cc(N(C)CC(C)(C)O)n1. The molecule has 1 aromatic rings. The van der Waals surface area contributed by atoms with Crippen LogP contribution in [0.2, 0.25) is 5.15 Å². The summed E-state index contributed by atoms with van der Waals surface area (Å²) < 4.78 is 0. The molecule has 0 saturated heterocycles. The summed E-state index contributed by atoms with van der Waals surface area (Å²) in [5.74, 6) is 1.34. The number of hydrogen-bond acceptors (Lipinski definition) is 4. The number of nitrogens with zero attached hydrogens (tertiary/aromatic N) is 3. The van der Waals surface area contributed by atoms with E-state index in [1.165, 1.54) is 0 Å². The molecule has 0 amide bonds. The highest BCUT2D eigenvalue weighted by molar-refractivity contribution is 6.29. The standard InChI is InChI=1S/C10H16ClN3O/c1-7-12-8(11)5-9(13-7)14(4)6-10(2,3)15/h5,15H,6H2,1-4H3. The summed E-state index contributed by atoms with van der Waals surface area (Å²) in [6.45, 7) is 5.77. The Morgan fingerprint density at radius 1 is 1.47 bits per heavy atom. The summed E-state index contributed by atoms with van der Waals surface area (Å²) in [5, 5.41) is 10.1. The highest BCUT2D eigenvalue weighted by atomic mass is 35.5. The van der Waals surface area contributed by atoms with Crippen LogP contribution in [0.15, 0.2) is 6.07 Å². The van der Waals surface area contributed by atoms with Crippen molar-refractivity contribution in [2.75, 3.05) is 18.5 Å². The Labute approximate surface area is 94.9 Å². The number of rotatable bonds is 3. The molecule has 0 saturated carbocycles. The Hall–Kier alpha value is -0.870. The first-order valence-electron chi connectivity index (χ1n) is 4.72. The summed E-state index contributed by atoms with van der Waals surface area (Å²) in [7, 11) is 1.86. The zero-order valence-corrected chi connectivity index (χ0v) is 10.2. The maximum absolute atomic E-state index is 9.67. The molecule has 0 atom stereocenters. The maximum Gasteiger partial charge on any atom is 0.134 e. The molecular formula is C10H16ClN3O. The lowest BCUT2D eigenvalue weighted by atomic mass is 10.1. The third-order valence-corrected chi connectivity index (χ3v) is 2.00. The predicted molar refractivity (Wildman–Crippen MR) is 61.3 cm³/mol. The summed E-state index contributed by atoms with van der Waals surface area (Å²) in [6, 6.07) is 1.68. The molecule has 1 rings (SSSR count). The van der Waals surface area contributed by atoms with Crippen LogP contribution in [0.25, 0.3) is 0 Å². The van der Waals surface area contributed by atoms with E-state index in [1.807, 2.05) is 11.9 Å². The molecule has 1 N–H and O–H groups in total. The van der Waals surface area contributed by atoms with Crippen LogP contribution in [0.4, 0.5) is 5.82 Å². The van der Waals surface area contributed by atoms with Gasteiger partial charge in [0.25, 0.3) is 0 Å². The second kappa shape index (κ2) is 4.33. The Kier molecular flexibility index (Phi) is 3.52. The maximum atomic E-state index is 9.67. The van der Waals surface area contributed by atoms with E-state index in [0.717, 1.165) is 5.82 Å². The third-order valence-electron chi connectivity index (χ3n) is 1.81. The van der Waals surface area contributed by atoms with Gasteiger partial charge in [-0.3, -0.25) is 0 Å². The minimum absolute atomic E-state index is 0.417. The Bertz CT molecular complexity index is 329. The number of aromatic nitrogens is 2. The van der Waals surface area contributed by atoms with Crippen molar-refractivity contribution in [1.82, 2.24) is 9.97 Å². The molecule has 0 spiro atoms. The molecule has 1 aromatic heterocycles. The molecule has 0 aliphatic heterocycles.